The molecule has 0 spiro atoms. The van der Waals surface area contributed by atoms with Crippen molar-refractivity contribution in [1.82, 2.24) is 0 Å². The Morgan fingerprint density at radius 3 is 2.53 bits per heavy atom. The highest BCUT2D eigenvalue weighted by molar-refractivity contribution is 8.00. The van der Waals surface area contributed by atoms with Crippen molar-refractivity contribution < 1.29 is 0 Å². The van der Waals surface area contributed by atoms with Gasteiger partial charge in [0.2, 0.25) is 0 Å². The molecule has 1 fully saturated rings. The fourth-order valence-electron chi connectivity index (χ4n) is 2.34. The molecular formula is C13H19NS. The van der Waals surface area contributed by atoms with Crippen molar-refractivity contribution in [2.45, 2.75) is 42.7 Å². The van der Waals surface area contributed by atoms with Crippen LogP contribution in [0.3, 0.4) is 0 Å². The van der Waals surface area contributed by atoms with Gasteiger partial charge in [0, 0.05) is 16.0 Å². The summed E-state index contributed by atoms with van der Waals surface area (Å²) in [7, 11) is 0. The van der Waals surface area contributed by atoms with Gasteiger partial charge in [-0.15, -0.1) is 11.8 Å². The summed E-state index contributed by atoms with van der Waals surface area (Å²) >= 11 is 2.07. The van der Waals surface area contributed by atoms with Crippen molar-refractivity contribution in [2.24, 2.45) is 5.73 Å². The molecule has 2 rings (SSSR count). The fourth-order valence-corrected chi connectivity index (χ4v) is 4.06. The van der Waals surface area contributed by atoms with Crippen LogP contribution in [0.1, 0.15) is 37.5 Å². The third kappa shape index (κ3) is 2.76. The Bertz CT molecular complexity index is 321. The minimum Gasteiger partial charge on any atom is -0.328 e. The van der Waals surface area contributed by atoms with Crippen LogP contribution in [0.4, 0.5) is 0 Å². The Balaban J connectivity index is 2.17. The maximum Gasteiger partial charge on any atom is 0.0317 e. The summed E-state index contributed by atoms with van der Waals surface area (Å²) in [6.45, 7) is 4.60. The molecule has 2 N–H and O–H groups in total. The Morgan fingerprint density at radius 2 is 1.93 bits per heavy atom. The van der Waals surface area contributed by atoms with E-state index in [1.165, 1.54) is 5.56 Å². The lowest BCUT2D eigenvalue weighted by Crippen LogP contribution is -2.36. The first-order valence-corrected chi connectivity index (χ1v) is 6.43. The first-order valence-electron chi connectivity index (χ1n) is 5.55. The number of nitrogens with two attached hydrogens (primary N) is 1. The maximum atomic E-state index is 6.12. The first kappa shape index (κ1) is 11.0. The van der Waals surface area contributed by atoms with Crippen LogP contribution in [0.2, 0.25) is 0 Å². The predicted octanol–water partition coefficient (Wildman–Crippen LogP) is 3.36. The fraction of sp³-hybridized carbons (Fsp3) is 0.538. The summed E-state index contributed by atoms with van der Waals surface area (Å²) in [6, 6.07) is 11.1. The minimum atomic E-state index is 0.318. The van der Waals surface area contributed by atoms with E-state index in [0.717, 1.165) is 12.8 Å². The quantitative estimate of drug-likeness (QED) is 0.787. The first-order chi connectivity index (χ1) is 7.07. The van der Waals surface area contributed by atoms with Crippen molar-refractivity contribution in [2.75, 3.05) is 0 Å². The zero-order chi connectivity index (χ0) is 10.9. The standard InChI is InChI=1S/C13H19NS/c1-13(2)9-11(14)8-12(15-13)10-6-4-3-5-7-10/h3-7,11-12H,8-9,14H2,1-2H3. The van der Waals surface area contributed by atoms with Crippen LogP contribution in [0, 0.1) is 0 Å². The van der Waals surface area contributed by atoms with Gasteiger partial charge in [-0.05, 0) is 18.4 Å². The molecule has 0 amide bonds. The van der Waals surface area contributed by atoms with Crippen molar-refractivity contribution in [1.29, 1.82) is 0 Å². The summed E-state index contributed by atoms with van der Waals surface area (Å²) in [5.41, 5.74) is 7.55. The molecule has 15 heavy (non-hydrogen) atoms. The second-order valence-electron chi connectivity index (χ2n) is 4.98. The molecule has 1 aromatic rings. The number of rotatable bonds is 1. The summed E-state index contributed by atoms with van der Waals surface area (Å²) < 4.78 is 0.318. The van der Waals surface area contributed by atoms with Crippen molar-refractivity contribution in [3.8, 4) is 0 Å². The van der Waals surface area contributed by atoms with Crippen LogP contribution in [0.5, 0.6) is 0 Å². The van der Waals surface area contributed by atoms with Gasteiger partial charge in [0.25, 0.3) is 0 Å². The van der Waals surface area contributed by atoms with Gasteiger partial charge in [0.05, 0.1) is 0 Å². The van der Waals surface area contributed by atoms with Gasteiger partial charge in [0.15, 0.2) is 0 Å². The normalized spacial score (nSPS) is 30.1. The predicted molar refractivity (Wildman–Crippen MR) is 68.1 cm³/mol. The molecule has 1 saturated heterocycles. The number of thioether (sulfide) groups is 1. The minimum absolute atomic E-state index is 0.318. The van der Waals surface area contributed by atoms with E-state index in [1.54, 1.807) is 0 Å². The van der Waals surface area contributed by atoms with E-state index in [9.17, 15) is 0 Å². The summed E-state index contributed by atoms with van der Waals surface area (Å²) in [6.07, 6.45) is 2.24. The van der Waals surface area contributed by atoms with E-state index in [-0.39, 0.29) is 0 Å². The van der Waals surface area contributed by atoms with E-state index < -0.39 is 0 Å². The topological polar surface area (TPSA) is 26.0 Å². The maximum absolute atomic E-state index is 6.12. The molecule has 1 aromatic carbocycles. The van der Waals surface area contributed by atoms with Gasteiger partial charge >= 0.3 is 0 Å². The van der Waals surface area contributed by atoms with Crippen molar-refractivity contribution in [3.05, 3.63) is 35.9 Å². The molecule has 0 aliphatic carbocycles. The van der Waals surface area contributed by atoms with Crippen LogP contribution >= 0.6 is 11.8 Å². The van der Waals surface area contributed by atoms with Crippen molar-refractivity contribution >= 4 is 11.8 Å². The van der Waals surface area contributed by atoms with E-state index >= 15 is 0 Å². The Hall–Kier alpha value is -0.470. The highest BCUT2D eigenvalue weighted by Crippen LogP contribution is 2.47. The van der Waals surface area contributed by atoms with E-state index in [1.807, 2.05) is 0 Å². The molecule has 2 unspecified atom stereocenters. The third-order valence-corrected chi connectivity index (χ3v) is 4.46. The average Bonchev–Trinajstić information content (AvgIpc) is 2.16. The molecular weight excluding hydrogens is 202 g/mol. The molecule has 0 aromatic heterocycles. The lowest BCUT2D eigenvalue weighted by Gasteiger charge is -2.38. The highest BCUT2D eigenvalue weighted by Gasteiger charge is 2.33. The Labute approximate surface area is 96.4 Å². The monoisotopic (exact) mass is 221 g/mol. The molecule has 0 radical (unpaired) electrons. The Kier molecular flexibility index (Phi) is 3.08. The molecule has 2 heteroatoms. The van der Waals surface area contributed by atoms with Gasteiger partial charge < -0.3 is 5.73 Å². The SMILES string of the molecule is CC1(C)CC(N)CC(c2ccccc2)S1. The summed E-state index contributed by atoms with van der Waals surface area (Å²) in [5, 5.41) is 0.574. The van der Waals surface area contributed by atoms with Crippen molar-refractivity contribution in [3.63, 3.8) is 0 Å². The van der Waals surface area contributed by atoms with Gasteiger partial charge in [-0.3, -0.25) is 0 Å². The second-order valence-corrected chi connectivity index (χ2v) is 6.89. The highest BCUT2D eigenvalue weighted by atomic mass is 32.2. The summed E-state index contributed by atoms with van der Waals surface area (Å²) in [4.78, 5) is 0. The van der Waals surface area contributed by atoms with Gasteiger partial charge in [-0.25, -0.2) is 0 Å². The molecule has 1 nitrogen and oxygen atoms in total. The largest absolute Gasteiger partial charge is 0.328 e. The molecule has 1 heterocycles. The van der Waals surface area contributed by atoms with Gasteiger partial charge in [-0.2, -0.15) is 0 Å². The van der Waals surface area contributed by atoms with Crippen LogP contribution in [-0.4, -0.2) is 10.8 Å². The zero-order valence-electron chi connectivity index (χ0n) is 9.44. The zero-order valence-corrected chi connectivity index (χ0v) is 10.3. The smallest absolute Gasteiger partial charge is 0.0317 e. The number of hydrogen-bond acceptors (Lipinski definition) is 2. The van der Waals surface area contributed by atoms with Gasteiger partial charge in [-0.1, -0.05) is 44.2 Å². The van der Waals surface area contributed by atoms with E-state index in [0.29, 0.717) is 16.0 Å². The van der Waals surface area contributed by atoms with Crippen LogP contribution in [0.25, 0.3) is 0 Å². The molecule has 1 aliphatic rings. The second kappa shape index (κ2) is 4.18. The number of hydrogen-bond donors (Lipinski definition) is 1. The summed E-state index contributed by atoms with van der Waals surface area (Å²) in [5.74, 6) is 0. The molecule has 0 bridgehead atoms. The molecule has 1 aliphatic heterocycles. The lowest BCUT2D eigenvalue weighted by molar-refractivity contribution is 0.472. The Morgan fingerprint density at radius 1 is 1.27 bits per heavy atom. The van der Waals surface area contributed by atoms with E-state index in [4.69, 9.17) is 5.73 Å². The molecule has 82 valence electrons. The number of benzene rings is 1. The van der Waals surface area contributed by atoms with Crippen LogP contribution in [0.15, 0.2) is 30.3 Å². The van der Waals surface area contributed by atoms with Gasteiger partial charge in [0.1, 0.15) is 0 Å². The lowest BCUT2D eigenvalue weighted by atomic mass is 9.96. The third-order valence-electron chi connectivity index (χ3n) is 2.90. The van der Waals surface area contributed by atoms with E-state index in [2.05, 4.69) is 55.9 Å². The average molecular weight is 221 g/mol. The molecule has 0 saturated carbocycles. The van der Waals surface area contributed by atoms with Crippen LogP contribution in [-0.2, 0) is 0 Å². The molecule has 2 atom stereocenters. The van der Waals surface area contributed by atoms with Crippen LogP contribution < -0.4 is 5.73 Å².